The average molecular weight is 325 g/mol. The lowest BCUT2D eigenvalue weighted by molar-refractivity contribution is -0.000366. The standard InChI is InChI=1S/C17H19N5O2/c1-22-7-4-14(21-22)16-9-15-13(3-2-5-19-15)17(20-16)24-11-12-10-18-6-8-23-12/h2-5,7,9,12,18H,6,8,10-11H2,1H3/t12-/m0/s1. The van der Waals surface area contributed by atoms with Crippen molar-refractivity contribution in [3.8, 4) is 17.3 Å². The Morgan fingerprint density at radius 1 is 1.38 bits per heavy atom. The molecule has 4 heterocycles. The molecule has 0 aromatic carbocycles. The predicted octanol–water partition coefficient (Wildman–Crippen LogP) is 1.40. The molecule has 1 aliphatic heterocycles. The highest BCUT2D eigenvalue weighted by Crippen LogP contribution is 2.27. The zero-order valence-corrected chi connectivity index (χ0v) is 13.5. The first-order valence-corrected chi connectivity index (χ1v) is 8.00. The minimum Gasteiger partial charge on any atom is -0.474 e. The van der Waals surface area contributed by atoms with Gasteiger partial charge in [-0.15, -0.1) is 0 Å². The number of pyridine rings is 2. The Hall–Kier alpha value is -2.51. The molecule has 7 nitrogen and oxygen atoms in total. The van der Waals surface area contributed by atoms with Crippen molar-refractivity contribution in [3.05, 3.63) is 36.7 Å². The first kappa shape index (κ1) is 15.0. The maximum atomic E-state index is 5.98. The van der Waals surface area contributed by atoms with Crippen molar-refractivity contribution in [2.45, 2.75) is 6.10 Å². The van der Waals surface area contributed by atoms with Crippen LogP contribution in [0.2, 0.25) is 0 Å². The van der Waals surface area contributed by atoms with Gasteiger partial charge in [-0.2, -0.15) is 5.10 Å². The van der Waals surface area contributed by atoms with Crippen molar-refractivity contribution in [3.63, 3.8) is 0 Å². The highest BCUT2D eigenvalue weighted by molar-refractivity contribution is 5.86. The van der Waals surface area contributed by atoms with Gasteiger partial charge in [0.15, 0.2) is 0 Å². The van der Waals surface area contributed by atoms with Crippen molar-refractivity contribution in [2.24, 2.45) is 7.05 Å². The van der Waals surface area contributed by atoms with Crippen LogP contribution in [0, 0.1) is 0 Å². The van der Waals surface area contributed by atoms with Crippen LogP contribution in [0.15, 0.2) is 36.7 Å². The third-order valence-electron chi connectivity index (χ3n) is 3.95. The number of nitrogens with zero attached hydrogens (tertiary/aromatic N) is 4. The van der Waals surface area contributed by atoms with E-state index in [9.17, 15) is 0 Å². The molecule has 4 rings (SSSR count). The minimum atomic E-state index is 0.0331. The number of ether oxygens (including phenoxy) is 2. The molecule has 1 saturated heterocycles. The summed E-state index contributed by atoms with van der Waals surface area (Å²) in [5, 5.41) is 8.60. The van der Waals surface area contributed by atoms with Crippen LogP contribution in [0.5, 0.6) is 5.88 Å². The topological polar surface area (TPSA) is 74.1 Å². The molecule has 1 fully saturated rings. The highest BCUT2D eigenvalue weighted by atomic mass is 16.5. The summed E-state index contributed by atoms with van der Waals surface area (Å²) in [4.78, 5) is 9.09. The maximum absolute atomic E-state index is 5.98. The van der Waals surface area contributed by atoms with Gasteiger partial charge >= 0.3 is 0 Å². The SMILES string of the molecule is Cn1ccc(-c2cc3ncccc3c(OC[C@@H]3CNCCO3)n2)n1. The fraction of sp³-hybridized carbons (Fsp3) is 0.353. The van der Waals surface area contributed by atoms with E-state index in [1.807, 2.05) is 37.5 Å². The Bertz CT molecular complexity index is 842. The molecule has 1 N–H and O–H groups in total. The largest absolute Gasteiger partial charge is 0.474 e. The van der Waals surface area contributed by atoms with Crippen molar-refractivity contribution in [1.29, 1.82) is 0 Å². The molecule has 0 unspecified atom stereocenters. The minimum absolute atomic E-state index is 0.0331. The summed E-state index contributed by atoms with van der Waals surface area (Å²) < 4.78 is 13.4. The predicted molar refractivity (Wildman–Crippen MR) is 89.8 cm³/mol. The summed E-state index contributed by atoms with van der Waals surface area (Å²) in [6.45, 7) is 2.83. The van der Waals surface area contributed by atoms with E-state index in [1.54, 1.807) is 10.9 Å². The number of fused-ring (bicyclic) bond motifs is 1. The summed E-state index contributed by atoms with van der Waals surface area (Å²) in [5.74, 6) is 0.565. The molecule has 1 aliphatic rings. The molecule has 7 heteroatoms. The monoisotopic (exact) mass is 325 g/mol. The first-order valence-electron chi connectivity index (χ1n) is 8.00. The lowest BCUT2D eigenvalue weighted by Crippen LogP contribution is -2.41. The van der Waals surface area contributed by atoms with Crippen LogP contribution in [-0.4, -0.2) is 52.2 Å². The van der Waals surface area contributed by atoms with Gasteiger partial charge in [0, 0.05) is 32.5 Å². The molecule has 24 heavy (non-hydrogen) atoms. The molecular formula is C17H19N5O2. The van der Waals surface area contributed by atoms with Crippen molar-refractivity contribution in [1.82, 2.24) is 25.1 Å². The van der Waals surface area contributed by atoms with Crippen molar-refractivity contribution in [2.75, 3.05) is 26.3 Å². The summed E-state index contributed by atoms with van der Waals surface area (Å²) >= 11 is 0. The lowest BCUT2D eigenvalue weighted by Gasteiger charge is -2.23. The first-order chi connectivity index (χ1) is 11.8. The van der Waals surface area contributed by atoms with Gasteiger partial charge in [0.05, 0.1) is 23.2 Å². The molecule has 3 aromatic heterocycles. The van der Waals surface area contributed by atoms with Gasteiger partial charge in [-0.1, -0.05) is 0 Å². The van der Waals surface area contributed by atoms with Gasteiger partial charge in [0.25, 0.3) is 0 Å². The number of rotatable bonds is 4. The van der Waals surface area contributed by atoms with E-state index < -0.39 is 0 Å². The Morgan fingerprint density at radius 3 is 3.12 bits per heavy atom. The second kappa shape index (κ2) is 6.54. The number of aryl methyl sites for hydroxylation is 1. The third kappa shape index (κ3) is 3.08. The Morgan fingerprint density at radius 2 is 2.33 bits per heavy atom. The van der Waals surface area contributed by atoms with Gasteiger partial charge in [0.1, 0.15) is 18.4 Å². The number of nitrogens with one attached hydrogen (secondary N) is 1. The highest BCUT2D eigenvalue weighted by Gasteiger charge is 2.16. The molecule has 3 aromatic rings. The summed E-state index contributed by atoms with van der Waals surface area (Å²) in [6, 6.07) is 7.71. The molecule has 124 valence electrons. The smallest absolute Gasteiger partial charge is 0.223 e. The van der Waals surface area contributed by atoms with E-state index in [2.05, 4.69) is 20.4 Å². The molecule has 0 saturated carbocycles. The van der Waals surface area contributed by atoms with Crippen LogP contribution in [-0.2, 0) is 11.8 Å². The summed E-state index contributed by atoms with van der Waals surface area (Å²) in [5.41, 5.74) is 2.39. The fourth-order valence-electron chi connectivity index (χ4n) is 2.74. The molecule has 0 spiro atoms. The summed E-state index contributed by atoms with van der Waals surface area (Å²) in [7, 11) is 1.88. The second-order valence-electron chi connectivity index (χ2n) is 5.77. The number of aromatic nitrogens is 4. The molecule has 0 bridgehead atoms. The van der Waals surface area contributed by atoms with E-state index in [4.69, 9.17) is 9.47 Å². The van der Waals surface area contributed by atoms with E-state index in [0.29, 0.717) is 19.1 Å². The van der Waals surface area contributed by atoms with Crippen LogP contribution in [0.4, 0.5) is 0 Å². The zero-order chi connectivity index (χ0) is 16.4. The Balaban J connectivity index is 1.66. The van der Waals surface area contributed by atoms with E-state index in [1.165, 1.54) is 0 Å². The average Bonchev–Trinajstić information content (AvgIpc) is 3.07. The van der Waals surface area contributed by atoms with Crippen molar-refractivity contribution < 1.29 is 9.47 Å². The fourth-order valence-corrected chi connectivity index (χ4v) is 2.74. The lowest BCUT2D eigenvalue weighted by atomic mass is 10.2. The maximum Gasteiger partial charge on any atom is 0.223 e. The number of morpholine rings is 1. The van der Waals surface area contributed by atoms with E-state index in [0.717, 1.165) is 35.4 Å². The molecular weight excluding hydrogens is 306 g/mol. The van der Waals surface area contributed by atoms with Gasteiger partial charge in [-0.05, 0) is 24.3 Å². The normalized spacial score (nSPS) is 18.0. The van der Waals surface area contributed by atoms with Gasteiger partial charge in [-0.25, -0.2) is 4.98 Å². The molecule has 0 amide bonds. The van der Waals surface area contributed by atoms with Crippen LogP contribution < -0.4 is 10.1 Å². The Kier molecular flexibility index (Phi) is 4.10. The quantitative estimate of drug-likeness (QED) is 0.781. The number of hydrogen-bond acceptors (Lipinski definition) is 6. The second-order valence-corrected chi connectivity index (χ2v) is 5.77. The van der Waals surface area contributed by atoms with Crippen LogP contribution >= 0.6 is 0 Å². The molecule has 0 radical (unpaired) electrons. The number of hydrogen-bond donors (Lipinski definition) is 1. The van der Waals surface area contributed by atoms with Crippen LogP contribution in [0.3, 0.4) is 0 Å². The van der Waals surface area contributed by atoms with E-state index >= 15 is 0 Å². The zero-order valence-electron chi connectivity index (χ0n) is 13.5. The summed E-state index contributed by atoms with van der Waals surface area (Å²) in [6.07, 6.45) is 3.69. The molecule has 0 aliphatic carbocycles. The van der Waals surface area contributed by atoms with E-state index in [-0.39, 0.29) is 6.10 Å². The Labute approximate surface area is 139 Å². The van der Waals surface area contributed by atoms with Crippen LogP contribution in [0.25, 0.3) is 22.3 Å². The molecule has 1 atom stereocenters. The van der Waals surface area contributed by atoms with Crippen molar-refractivity contribution >= 4 is 10.9 Å². The van der Waals surface area contributed by atoms with Gasteiger partial charge in [0.2, 0.25) is 5.88 Å². The van der Waals surface area contributed by atoms with Gasteiger partial charge < -0.3 is 14.8 Å². The van der Waals surface area contributed by atoms with Gasteiger partial charge in [-0.3, -0.25) is 9.67 Å². The van der Waals surface area contributed by atoms with Crippen LogP contribution in [0.1, 0.15) is 0 Å². The third-order valence-corrected chi connectivity index (χ3v) is 3.95.